The Labute approximate surface area is 234 Å². The molecule has 0 spiro atoms. The van der Waals surface area contributed by atoms with Crippen molar-refractivity contribution < 1.29 is 23.7 Å². The topological polar surface area (TPSA) is 76.1 Å². The highest BCUT2D eigenvalue weighted by molar-refractivity contribution is 5.88. The normalized spacial score (nSPS) is 14.3. The van der Waals surface area contributed by atoms with Crippen LogP contribution in [0.5, 0.6) is 23.0 Å². The number of nitrogens with zero attached hydrogens (tertiary/aromatic N) is 2. The number of nitrogens with one attached hydrogen (secondary N) is 1. The van der Waals surface area contributed by atoms with Crippen molar-refractivity contribution in [2.24, 2.45) is 5.92 Å². The fourth-order valence-corrected chi connectivity index (χ4v) is 4.94. The number of ether oxygens (including phenoxy) is 3. The van der Waals surface area contributed by atoms with Gasteiger partial charge in [-0.25, -0.2) is 4.39 Å². The zero-order valence-corrected chi connectivity index (χ0v) is 23.0. The molecule has 8 heteroatoms. The Bertz CT molecular complexity index is 1420. The van der Waals surface area contributed by atoms with E-state index in [1.165, 1.54) is 11.6 Å². The zero-order chi connectivity index (χ0) is 27.9. The molecule has 1 aliphatic rings. The third kappa shape index (κ3) is 6.63. The quantitative estimate of drug-likeness (QED) is 0.221. The molecule has 0 atom stereocenters. The minimum absolute atomic E-state index is 0.114. The van der Waals surface area contributed by atoms with Gasteiger partial charge in [0.05, 0.1) is 12.6 Å². The van der Waals surface area contributed by atoms with Gasteiger partial charge in [0.15, 0.2) is 23.1 Å². The van der Waals surface area contributed by atoms with Crippen molar-refractivity contribution in [3.8, 4) is 23.0 Å². The molecule has 2 N–H and O–H groups in total. The molecule has 210 valence electrons. The van der Waals surface area contributed by atoms with Crippen LogP contribution in [0.4, 0.5) is 15.8 Å². The predicted octanol–water partition coefficient (Wildman–Crippen LogP) is 6.56. The van der Waals surface area contributed by atoms with Gasteiger partial charge in [-0.15, -0.1) is 0 Å². The maximum absolute atomic E-state index is 15.1. The molecule has 2 heterocycles. The Balaban J connectivity index is 1.27. The van der Waals surface area contributed by atoms with Gasteiger partial charge < -0.3 is 24.6 Å². The van der Waals surface area contributed by atoms with Gasteiger partial charge >= 0.3 is 0 Å². The van der Waals surface area contributed by atoms with E-state index in [0.717, 1.165) is 44.6 Å². The number of likely N-dealkylation sites (tertiary alicyclic amines) is 1. The van der Waals surface area contributed by atoms with E-state index in [2.05, 4.69) is 34.3 Å². The number of hydrogen-bond donors (Lipinski definition) is 2. The molecular formula is C32H36FN3O4. The third-order valence-electron chi connectivity index (χ3n) is 7.42. The van der Waals surface area contributed by atoms with Crippen LogP contribution in [0.3, 0.4) is 0 Å². The lowest BCUT2D eigenvalue weighted by Crippen LogP contribution is -2.37. The molecule has 0 unspecified atom stereocenters. The summed E-state index contributed by atoms with van der Waals surface area (Å²) in [7, 11) is 1.59. The number of benzene rings is 3. The van der Waals surface area contributed by atoms with Gasteiger partial charge in [-0.05, 0) is 80.2 Å². The summed E-state index contributed by atoms with van der Waals surface area (Å²) in [5.74, 6) is 1.67. The van der Waals surface area contributed by atoms with Crippen LogP contribution in [0.25, 0.3) is 10.9 Å². The number of pyridine rings is 1. The highest BCUT2D eigenvalue weighted by Crippen LogP contribution is 2.38. The number of halogens is 1. The molecule has 0 amide bonds. The number of aliphatic hydroxyl groups is 1. The average Bonchev–Trinajstić information content (AvgIpc) is 2.99. The number of aryl methyl sites for hydroxylation is 1. The van der Waals surface area contributed by atoms with Crippen molar-refractivity contribution >= 4 is 22.3 Å². The van der Waals surface area contributed by atoms with E-state index in [4.69, 9.17) is 14.2 Å². The predicted molar refractivity (Wildman–Crippen MR) is 156 cm³/mol. The van der Waals surface area contributed by atoms with E-state index in [1.54, 1.807) is 31.5 Å². The van der Waals surface area contributed by atoms with Crippen LogP contribution >= 0.6 is 0 Å². The fourth-order valence-electron chi connectivity index (χ4n) is 4.94. The van der Waals surface area contributed by atoms with Gasteiger partial charge in [-0.1, -0.05) is 19.1 Å². The number of aromatic nitrogens is 1. The Morgan fingerprint density at radius 1 is 0.950 bits per heavy atom. The molecule has 4 aromatic rings. The number of fused-ring (bicyclic) bond motifs is 1. The smallest absolute Gasteiger partial charge is 0.167 e. The number of rotatable bonds is 11. The summed E-state index contributed by atoms with van der Waals surface area (Å²) in [6, 6.07) is 18.2. The van der Waals surface area contributed by atoms with Crippen LogP contribution in [-0.2, 0) is 6.42 Å². The molecule has 1 saturated heterocycles. The van der Waals surface area contributed by atoms with Crippen LogP contribution in [0.1, 0.15) is 25.3 Å². The SMILES string of the molecule is CCc1ccc(Nc2ccc(Oc3ccnc4cc(OCCN5CCC(CO)CC5)c(OC)cc34)c(F)c2)cc1. The second kappa shape index (κ2) is 13.0. The molecule has 7 nitrogen and oxygen atoms in total. The first-order valence-electron chi connectivity index (χ1n) is 13.8. The largest absolute Gasteiger partial charge is 0.493 e. The maximum Gasteiger partial charge on any atom is 0.167 e. The molecule has 0 saturated carbocycles. The van der Waals surface area contributed by atoms with Gasteiger partial charge in [0.1, 0.15) is 12.4 Å². The van der Waals surface area contributed by atoms with Gasteiger partial charge in [-0.3, -0.25) is 9.88 Å². The number of methoxy groups -OCH3 is 1. The van der Waals surface area contributed by atoms with E-state index in [-0.39, 0.29) is 12.4 Å². The fraction of sp³-hybridized carbons (Fsp3) is 0.344. The van der Waals surface area contributed by atoms with Crippen LogP contribution in [-0.4, -0.2) is 54.9 Å². The summed E-state index contributed by atoms with van der Waals surface area (Å²) >= 11 is 0. The second-order valence-corrected chi connectivity index (χ2v) is 10.1. The average molecular weight is 546 g/mol. The van der Waals surface area contributed by atoms with Crippen molar-refractivity contribution in [1.29, 1.82) is 0 Å². The molecule has 0 radical (unpaired) electrons. The molecule has 0 aliphatic carbocycles. The molecular weight excluding hydrogens is 509 g/mol. The molecule has 1 aromatic heterocycles. The van der Waals surface area contributed by atoms with Crippen LogP contribution < -0.4 is 19.5 Å². The van der Waals surface area contributed by atoms with Crippen LogP contribution in [0, 0.1) is 11.7 Å². The Kier molecular flexibility index (Phi) is 8.98. The van der Waals surface area contributed by atoms with Crippen molar-refractivity contribution in [3.63, 3.8) is 0 Å². The highest BCUT2D eigenvalue weighted by Gasteiger charge is 2.19. The number of anilines is 2. The second-order valence-electron chi connectivity index (χ2n) is 10.1. The molecule has 1 aliphatic heterocycles. The summed E-state index contributed by atoms with van der Waals surface area (Å²) in [6.45, 7) is 5.61. The first kappa shape index (κ1) is 27.7. The van der Waals surface area contributed by atoms with Crippen molar-refractivity contribution in [1.82, 2.24) is 9.88 Å². The van der Waals surface area contributed by atoms with Crippen LogP contribution in [0.15, 0.2) is 66.9 Å². The molecule has 0 bridgehead atoms. The molecule has 40 heavy (non-hydrogen) atoms. The summed E-state index contributed by atoms with van der Waals surface area (Å²) in [6.07, 6.45) is 4.62. The number of aliphatic hydroxyl groups excluding tert-OH is 1. The number of piperidine rings is 1. The van der Waals surface area contributed by atoms with Crippen molar-refractivity contribution in [2.45, 2.75) is 26.2 Å². The summed E-state index contributed by atoms with van der Waals surface area (Å²) < 4.78 is 32.8. The summed E-state index contributed by atoms with van der Waals surface area (Å²) in [4.78, 5) is 6.83. The summed E-state index contributed by atoms with van der Waals surface area (Å²) in [5, 5.41) is 13.3. The lowest BCUT2D eigenvalue weighted by molar-refractivity contribution is 0.118. The molecule has 1 fully saturated rings. The maximum atomic E-state index is 15.1. The number of hydrogen-bond acceptors (Lipinski definition) is 7. The first-order chi connectivity index (χ1) is 19.6. The first-order valence-corrected chi connectivity index (χ1v) is 13.8. The molecule has 5 rings (SSSR count). The van der Waals surface area contributed by atoms with Crippen molar-refractivity contribution in [2.75, 3.05) is 45.3 Å². The van der Waals surface area contributed by atoms with Gasteiger partial charge in [-0.2, -0.15) is 0 Å². The standard InChI is InChI=1S/C32H36FN3O4/c1-3-22-4-6-24(7-5-22)35-25-8-9-30(27(33)18-25)40-29-10-13-34-28-20-32(31(38-2)19-26(28)29)39-17-16-36-14-11-23(21-37)12-15-36/h4-10,13,18-20,23,35,37H,3,11-12,14-17,21H2,1-2H3. The third-order valence-corrected chi connectivity index (χ3v) is 7.42. The van der Waals surface area contributed by atoms with E-state index >= 15 is 4.39 Å². The minimum atomic E-state index is -0.477. The van der Waals surface area contributed by atoms with E-state index in [9.17, 15) is 5.11 Å². The summed E-state index contributed by atoms with van der Waals surface area (Å²) in [5.41, 5.74) is 3.43. The van der Waals surface area contributed by atoms with Crippen LogP contribution in [0.2, 0.25) is 0 Å². The zero-order valence-electron chi connectivity index (χ0n) is 23.0. The Morgan fingerprint density at radius 2 is 1.73 bits per heavy atom. The molecule has 3 aromatic carbocycles. The van der Waals surface area contributed by atoms with E-state index in [0.29, 0.717) is 46.4 Å². The monoisotopic (exact) mass is 545 g/mol. The van der Waals surface area contributed by atoms with Gasteiger partial charge in [0.25, 0.3) is 0 Å². The Morgan fingerprint density at radius 3 is 2.42 bits per heavy atom. The minimum Gasteiger partial charge on any atom is -0.493 e. The lowest BCUT2D eigenvalue weighted by atomic mass is 9.98. The van der Waals surface area contributed by atoms with E-state index < -0.39 is 5.82 Å². The lowest BCUT2D eigenvalue weighted by Gasteiger charge is -2.30. The van der Waals surface area contributed by atoms with Gasteiger partial charge in [0, 0.05) is 48.2 Å². The van der Waals surface area contributed by atoms with Gasteiger partial charge in [0.2, 0.25) is 0 Å². The van der Waals surface area contributed by atoms with Crippen molar-refractivity contribution in [3.05, 3.63) is 78.2 Å². The van der Waals surface area contributed by atoms with E-state index in [1.807, 2.05) is 24.3 Å². The highest BCUT2D eigenvalue weighted by atomic mass is 19.1. The Hall–Kier alpha value is -3.88.